The minimum absolute atomic E-state index is 0. The average molecular weight is 525 g/mol. The van der Waals surface area contributed by atoms with Crippen molar-refractivity contribution in [2.75, 3.05) is 13.6 Å². The normalized spacial score (nSPS) is 19.4. The van der Waals surface area contributed by atoms with Crippen molar-refractivity contribution < 1.29 is 4.79 Å². The van der Waals surface area contributed by atoms with Gasteiger partial charge in [-0.3, -0.25) is 9.79 Å². The van der Waals surface area contributed by atoms with Crippen molar-refractivity contribution in [2.45, 2.75) is 64.5 Å². The number of hydrogen-bond acceptors (Lipinski definition) is 2. The Labute approximate surface area is 197 Å². The molecule has 6 nitrogen and oxygen atoms in total. The summed E-state index contributed by atoms with van der Waals surface area (Å²) < 4.78 is 0. The van der Waals surface area contributed by atoms with Crippen molar-refractivity contribution >= 4 is 46.7 Å². The average Bonchev–Trinajstić information content (AvgIpc) is 3.13. The molecular weight excluding hydrogens is 489 g/mol. The van der Waals surface area contributed by atoms with Crippen LogP contribution in [0.25, 0.3) is 10.9 Å². The van der Waals surface area contributed by atoms with Crippen LogP contribution in [0.15, 0.2) is 35.5 Å². The van der Waals surface area contributed by atoms with Crippen LogP contribution in [-0.4, -0.2) is 42.5 Å². The van der Waals surface area contributed by atoms with Crippen molar-refractivity contribution in [1.82, 2.24) is 20.9 Å². The molecule has 0 saturated heterocycles. The molecule has 1 aliphatic carbocycles. The zero-order chi connectivity index (χ0) is 20.6. The Morgan fingerprint density at radius 3 is 2.83 bits per heavy atom. The first kappa shape index (κ1) is 24.5. The first-order valence-corrected chi connectivity index (χ1v) is 10.9. The highest BCUT2D eigenvalue weighted by Crippen LogP contribution is 2.24. The van der Waals surface area contributed by atoms with E-state index >= 15 is 0 Å². The molecule has 166 valence electrons. The van der Waals surface area contributed by atoms with Crippen molar-refractivity contribution in [1.29, 1.82) is 0 Å². The lowest BCUT2D eigenvalue weighted by molar-refractivity contribution is -0.126. The molecule has 1 heterocycles. The Morgan fingerprint density at radius 2 is 2.07 bits per heavy atom. The van der Waals surface area contributed by atoms with Gasteiger partial charge < -0.3 is 20.9 Å². The molecule has 0 bridgehead atoms. The van der Waals surface area contributed by atoms with Crippen LogP contribution < -0.4 is 16.0 Å². The Morgan fingerprint density at radius 1 is 1.27 bits per heavy atom. The van der Waals surface area contributed by atoms with Gasteiger partial charge in [0.1, 0.15) is 0 Å². The summed E-state index contributed by atoms with van der Waals surface area (Å²) in [5, 5.41) is 11.3. The second-order valence-corrected chi connectivity index (χ2v) is 8.33. The van der Waals surface area contributed by atoms with Crippen molar-refractivity contribution in [3.8, 4) is 0 Å². The lowest BCUT2D eigenvalue weighted by Crippen LogP contribution is -2.47. The topological polar surface area (TPSA) is 81.3 Å². The number of carbonyl (C=O) groups excluding carboxylic acids is 1. The number of H-pyrrole nitrogens is 1. The van der Waals surface area contributed by atoms with Crippen molar-refractivity contribution in [3.05, 3.63) is 36.0 Å². The van der Waals surface area contributed by atoms with E-state index in [1.807, 2.05) is 13.8 Å². The third kappa shape index (κ3) is 6.89. The molecule has 7 heteroatoms. The van der Waals surface area contributed by atoms with E-state index in [1.165, 1.54) is 16.5 Å². The predicted octanol–water partition coefficient (Wildman–Crippen LogP) is 3.97. The van der Waals surface area contributed by atoms with Gasteiger partial charge in [0.25, 0.3) is 0 Å². The van der Waals surface area contributed by atoms with Gasteiger partial charge in [0, 0.05) is 48.7 Å². The van der Waals surface area contributed by atoms with E-state index < -0.39 is 0 Å². The minimum atomic E-state index is 0. The quantitative estimate of drug-likeness (QED) is 0.191. The van der Waals surface area contributed by atoms with Crippen LogP contribution in [0.3, 0.4) is 0 Å². The van der Waals surface area contributed by atoms with Gasteiger partial charge in [0.15, 0.2) is 5.96 Å². The summed E-state index contributed by atoms with van der Waals surface area (Å²) in [5.74, 6) is 1.12. The van der Waals surface area contributed by atoms with Gasteiger partial charge in [-0.2, -0.15) is 0 Å². The fourth-order valence-corrected chi connectivity index (χ4v) is 4.17. The van der Waals surface area contributed by atoms with Gasteiger partial charge in [-0.05, 0) is 57.6 Å². The molecule has 0 aliphatic heterocycles. The molecule has 0 spiro atoms. The molecule has 1 aromatic carbocycles. The number of fused-ring (bicyclic) bond motifs is 1. The highest BCUT2D eigenvalue weighted by atomic mass is 127. The zero-order valence-electron chi connectivity index (χ0n) is 18.3. The third-order valence-corrected chi connectivity index (χ3v) is 5.63. The molecule has 2 atom stereocenters. The number of nitrogens with one attached hydrogen (secondary N) is 4. The fourth-order valence-electron chi connectivity index (χ4n) is 4.17. The van der Waals surface area contributed by atoms with E-state index in [-0.39, 0.29) is 41.8 Å². The molecule has 1 amide bonds. The maximum atomic E-state index is 12.3. The fraction of sp³-hybridized carbons (Fsp3) is 0.565. The number of carbonyl (C=O) groups is 1. The summed E-state index contributed by atoms with van der Waals surface area (Å²) >= 11 is 0. The smallest absolute Gasteiger partial charge is 0.223 e. The second kappa shape index (κ2) is 12.2. The largest absolute Gasteiger partial charge is 0.361 e. The summed E-state index contributed by atoms with van der Waals surface area (Å²) in [4.78, 5) is 20.1. The van der Waals surface area contributed by atoms with E-state index in [9.17, 15) is 4.79 Å². The third-order valence-electron chi connectivity index (χ3n) is 5.63. The summed E-state index contributed by atoms with van der Waals surface area (Å²) in [6.45, 7) is 4.89. The molecule has 0 radical (unpaired) electrons. The number of halogens is 1. The molecule has 1 aromatic heterocycles. The van der Waals surface area contributed by atoms with E-state index in [0.29, 0.717) is 6.04 Å². The second-order valence-electron chi connectivity index (χ2n) is 8.33. The number of rotatable bonds is 7. The lowest BCUT2D eigenvalue weighted by atomic mass is 9.85. The number of aryl methyl sites for hydroxylation is 1. The molecule has 1 fully saturated rings. The summed E-state index contributed by atoms with van der Waals surface area (Å²) in [6.07, 6.45) is 8.18. The van der Waals surface area contributed by atoms with E-state index in [0.717, 1.165) is 51.0 Å². The molecular formula is C23H36IN5O. The van der Waals surface area contributed by atoms with Gasteiger partial charge in [0.05, 0.1) is 0 Å². The Balaban J connectivity index is 0.00000320. The number of aromatic amines is 1. The van der Waals surface area contributed by atoms with Crippen molar-refractivity contribution in [3.63, 3.8) is 0 Å². The summed E-state index contributed by atoms with van der Waals surface area (Å²) in [5.41, 5.74) is 2.55. The Hall–Kier alpha value is -1.77. The lowest BCUT2D eigenvalue weighted by Gasteiger charge is -2.30. The number of hydrogen-bond donors (Lipinski definition) is 4. The van der Waals surface area contributed by atoms with Crippen molar-refractivity contribution in [2.24, 2.45) is 10.9 Å². The van der Waals surface area contributed by atoms with Crippen LogP contribution in [0.1, 0.15) is 51.5 Å². The Bertz CT molecular complexity index is 832. The first-order chi connectivity index (χ1) is 14.1. The number of nitrogens with zero attached hydrogens (tertiary/aromatic N) is 1. The number of para-hydroxylation sites is 1. The van der Waals surface area contributed by atoms with Gasteiger partial charge in [-0.15, -0.1) is 24.0 Å². The first-order valence-electron chi connectivity index (χ1n) is 10.9. The molecule has 1 saturated carbocycles. The highest BCUT2D eigenvalue weighted by molar-refractivity contribution is 14.0. The molecule has 30 heavy (non-hydrogen) atoms. The zero-order valence-corrected chi connectivity index (χ0v) is 20.7. The predicted molar refractivity (Wildman–Crippen MR) is 136 cm³/mol. The van der Waals surface area contributed by atoms with Gasteiger partial charge in [0.2, 0.25) is 5.91 Å². The molecule has 3 rings (SSSR count). The van der Waals surface area contributed by atoms with Gasteiger partial charge in [-0.25, -0.2) is 0 Å². The van der Waals surface area contributed by atoms with Crippen LogP contribution in [0.2, 0.25) is 0 Å². The minimum Gasteiger partial charge on any atom is -0.361 e. The highest BCUT2D eigenvalue weighted by Gasteiger charge is 2.27. The maximum absolute atomic E-state index is 12.3. The van der Waals surface area contributed by atoms with Crippen LogP contribution in [0, 0.1) is 5.92 Å². The monoisotopic (exact) mass is 525 g/mol. The number of guanidine groups is 1. The standard InChI is InChI=1S/C23H35N5O.HI/c1-16(2)27-22(29)17-8-6-10-19(14-17)28-23(24-3)25-13-7-9-18-15-26-21-12-5-4-11-20(18)21;/h4-5,11-12,15-17,19,26H,6-10,13-14H2,1-3H3,(H,27,29)(H2,24,25,28);1H. The van der Waals surface area contributed by atoms with Crippen LogP contribution in [-0.2, 0) is 11.2 Å². The van der Waals surface area contributed by atoms with Gasteiger partial charge >= 0.3 is 0 Å². The summed E-state index contributed by atoms with van der Waals surface area (Å²) in [6, 6.07) is 8.92. The molecule has 2 unspecified atom stereocenters. The maximum Gasteiger partial charge on any atom is 0.223 e. The number of benzene rings is 1. The van der Waals surface area contributed by atoms with Crippen LogP contribution in [0.5, 0.6) is 0 Å². The van der Waals surface area contributed by atoms with E-state index in [1.54, 1.807) is 7.05 Å². The van der Waals surface area contributed by atoms with E-state index in [4.69, 9.17) is 0 Å². The van der Waals surface area contributed by atoms with Gasteiger partial charge in [-0.1, -0.05) is 24.6 Å². The van der Waals surface area contributed by atoms with Crippen LogP contribution in [0.4, 0.5) is 0 Å². The Kier molecular flexibility index (Phi) is 9.94. The molecule has 2 aromatic rings. The van der Waals surface area contributed by atoms with Crippen LogP contribution >= 0.6 is 24.0 Å². The SMILES string of the molecule is CN=C(NCCCc1c[nH]c2ccccc12)NC1CCCC(C(=O)NC(C)C)C1.I. The van der Waals surface area contributed by atoms with E-state index in [2.05, 4.69) is 56.4 Å². The summed E-state index contributed by atoms with van der Waals surface area (Å²) in [7, 11) is 1.81. The number of amides is 1. The molecule has 4 N–H and O–H groups in total. The number of aliphatic imine (C=N–C) groups is 1. The number of aromatic nitrogens is 1. The molecule has 1 aliphatic rings.